The second kappa shape index (κ2) is 7.75. The van der Waals surface area contributed by atoms with Gasteiger partial charge in [0.2, 0.25) is 0 Å². The average Bonchev–Trinajstić information content (AvgIpc) is 2.52. The molecule has 1 aromatic heterocycles. The Morgan fingerprint density at radius 3 is 2.43 bits per heavy atom. The molecule has 0 aliphatic carbocycles. The maximum absolute atomic E-state index is 12.7. The lowest BCUT2D eigenvalue weighted by atomic mass is 10.0. The predicted octanol–water partition coefficient (Wildman–Crippen LogP) is 4.45. The highest BCUT2D eigenvalue weighted by atomic mass is 79.9. The molecule has 0 spiro atoms. The van der Waals surface area contributed by atoms with Crippen molar-refractivity contribution in [1.29, 1.82) is 0 Å². The molecule has 2 aromatic rings. The summed E-state index contributed by atoms with van der Waals surface area (Å²) in [6.45, 7) is 5.23. The van der Waals surface area contributed by atoms with E-state index in [1.54, 1.807) is 18.3 Å². The number of aromatic nitrogens is 1. The van der Waals surface area contributed by atoms with E-state index in [1.165, 1.54) is 0 Å². The number of nitrogens with zero attached hydrogens (tertiary/aromatic N) is 1. The monoisotopic (exact) mass is 398 g/mol. The topological polar surface area (TPSA) is 48.0 Å². The van der Waals surface area contributed by atoms with Crippen LogP contribution in [0.4, 0.5) is 4.39 Å². The van der Waals surface area contributed by atoms with Crippen LogP contribution in [0.2, 0.25) is 0 Å². The molecule has 0 saturated heterocycles. The summed E-state index contributed by atoms with van der Waals surface area (Å²) in [6.07, 6.45) is 1.70. The normalized spacial score (nSPS) is 14.5. The minimum absolute atomic E-state index is 0.348. The van der Waals surface area contributed by atoms with Gasteiger partial charge < -0.3 is 4.55 Å². The van der Waals surface area contributed by atoms with E-state index in [0.29, 0.717) is 5.56 Å². The molecule has 124 valence electrons. The van der Waals surface area contributed by atoms with E-state index in [0.717, 1.165) is 15.7 Å². The van der Waals surface area contributed by atoms with Gasteiger partial charge in [-0.15, -0.1) is 4.72 Å². The highest BCUT2D eigenvalue weighted by Crippen LogP contribution is 2.29. The van der Waals surface area contributed by atoms with Gasteiger partial charge in [0.15, 0.2) is 0 Å². The van der Waals surface area contributed by atoms with Gasteiger partial charge in [0.1, 0.15) is 17.5 Å². The number of alkyl halides is 1. The standard InChI is InChI=1S/C17H20BrFN2OS/c1-17(2,3)23(22)21-15(16-14(18)5-4-10-20-16)13-8-6-12(11-19)7-9-13/h4-10,15,21H,11H2,1-3H3/t15-,23-/m0/s1. The summed E-state index contributed by atoms with van der Waals surface area (Å²) in [5, 5.41) is 0. The summed E-state index contributed by atoms with van der Waals surface area (Å²) >= 11 is 2.23. The van der Waals surface area contributed by atoms with Crippen molar-refractivity contribution in [3.63, 3.8) is 0 Å². The number of halogens is 2. The van der Waals surface area contributed by atoms with Crippen molar-refractivity contribution in [2.24, 2.45) is 0 Å². The summed E-state index contributed by atoms with van der Waals surface area (Å²) in [6, 6.07) is 10.5. The number of hydrogen-bond acceptors (Lipinski definition) is 3. The van der Waals surface area contributed by atoms with E-state index in [-0.39, 0.29) is 6.04 Å². The Labute approximate surface area is 148 Å². The molecule has 3 nitrogen and oxygen atoms in total. The second-order valence-corrected chi connectivity index (χ2v) is 9.03. The minimum atomic E-state index is -1.27. The Kier molecular flexibility index (Phi) is 6.19. The summed E-state index contributed by atoms with van der Waals surface area (Å²) in [5.41, 5.74) is 2.25. The molecule has 2 rings (SSSR count). The van der Waals surface area contributed by atoms with Crippen LogP contribution in [0, 0.1) is 0 Å². The Morgan fingerprint density at radius 1 is 1.26 bits per heavy atom. The summed E-state index contributed by atoms with van der Waals surface area (Å²) in [7, 11) is 0. The number of nitrogens with one attached hydrogen (secondary N) is 1. The zero-order chi connectivity index (χ0) is 17.0. The molecule has 0 amide bonds. The molecule has 0 aliphatic heterocycles. The fraction of sp³-hybridized carbons (Fsp3) is 0.353. The van der Waals surface area contributed by atoms with E-state index < -0.39 is 22.8 Å². The van der Waals surface area contributed by atoms with Crippen LogP contribution in [0.15, 0.2) is 47.1 Å². The summed E-state index contributed by atoms with van der Waals surface area (Å²) in [4.78, 5) is 4.41. The smallest absolute Gasteiger partial charge is 0.136 e. The molecule has 1 heterocycles. The van der Waals surface area contributed by atoms with Crippen molar-refractivity contribution >= 4 is 27.3 Å². The molecule has 0 unspecified atom stereocenters. The third kappa shape index (κ3) is 4.76. The molecule has 0 radical (unpaired) electrons. The minimum Gasteiger partial charge on any atom is -0.598 e. The van der Waals surface area contributed by atoms with Crippen molar-refractivity contribution < 1.29 is 8.94 Å². The van der Waals surface area contributed by atoms with Gasteiger partial charge in [-0.2, -0.15) is 0 Å². The molecule has 0 aliphatic rings. The SMILES string of the molecule is CC(C)(C)[S@+]([O-])N[C@@H](c1ccc(CF)cc1)c1ncccc1Br. The first-order valence-corrected chi connectivity index (χ1v) is 9.20. The molecular formula is C17H20BrFN2OS. The van der Waals surface area contributed by atoms with Gasteiger partial charge in [0, 0.05) is 22.0 Å². The summed E-state index contributed by atoms with van der Waals surface area (Å²) < 4.78 is 28.9. The predicted molar refractivity (Wildman–Crippen MR) is 96.1 cm³/mol. The molecule has 1 N–H and O–H groups in total. The highest BCUT2D eigenvalue weighted by Gasteiger charge is 2.31. The Bertz CT molecular complexity index is 646. The molecule has 0 bridgehead atoms. The molecule has 6 heteroatoms. The lowest BCUT2D eigenvalue weighted by molar-refractivity contribution is 0.485. The van der Waals surface area contributed by atoms with E-state index >= 15 is 0 Å². The van der Waals surface area contributed by atoms with Crippen molar-refractivity contribution in [1.82, 2.24) is 9.71 Å². The molecule has 0 saturated carbocycles. The van der Waals surface area contributed by atoms with Crippen LogP contribution in [0.3, 0.4) is 0 Å². The molecular weight excluding hydrogens is 379 g/mol. The summed E-state index contributed by atoms with van der Waals surface area (Å²) in [5.74, 6) is 0. The van der Waals surface area contributed by atoms with Gasteiger partial charge in [-0.25, -0.2) is 4.39 Å². The van der Waals surface area contributed by atoms with Gasteiger partial charge in [0.25, 0.3) is 0 Å². The third-order valence-corrected chi connectivity index (χ3v) is 5.54. The highest BCUT2D eigenvalue weighted by molar-refractivity contribution is 9.10. The first-order chi connectivity index (χ1) is 10.8. The van der Waals surface area contributed by atoms with Gasteiger partial charge >= 0.3 is 0 Å². The number of hydrogen-bond donors (Lipinski definition) is 1. The number of rotatable bonds is 5. The van der Waals surface area contributed by atoms with Crippen molar-refractivity contribution in [2.45, 2.75) is 38.2 Å². The molecule has 2 atom stereocenters. The molecule has 1 aromatic carbocycles. The number of benzene rings is 1. The maximum atomic E-state index is 12.7. The number of pyridine rings is 1. The zero-order valence-corrected chi connectivity index (χ0v) is 15.7. The second-order valence-electron chi connectivity index (χ2n) is 6.18. The lowest BCUT2D eigenvalue weighted by Gasteiger charge is -2.28. The van der Waals surface area contributed by atoms with Crippen LogP contribution in [0.25, 0.3) is 0 Å². The van der Waals surface area contributed by atoms with E-state index in [4.69, 9.17) is 0 Å². The Morgan fingerprint density at radius 2 is 1.91 bits per heavy atom. The van der Waals surface area contributed by atoms with Crippen molar-refractivity contribution in [3.8, 4) is 0 Å². The van der Waals surface area contributed by atoms with Gasteiger partial charge in [-0.05, 0) is 60.0 Å². The van der Waals surface area contributed by atoms with E-state index in [1.807, 2.05) is 45.0 Å². The van der Waals surface area contributed by atoms with E-state index in [9.17, 15) is 8.94 Å². The first-order valence-electron chi connectivity index (χ1n) is 7.26. The van der Waals surface area contributed by atoms with Crippen LogP contribution in [-0.4, -0.2) is 14.3 Å². The third-order valence-electron chi connectivity index (χ3n) is 3.31. The van der Waals surface area contributed by atoms with Crippen LogP contribution in [0.5, 0.6) is 0 Å². The van der Waals surface area contributed by atoms with Crippen LogP contribution >= 0.6 is 15.9 Å². The quantitative estimate of drug-likeness (QED) is 0.756. The van der Waals surface area contributed by atoms with Crippen LogP contribution < -0.4 is 4.72 Å². The fourth-order valence-electron chi connectivity index (χ4n) is 1.98. The fourth-order valence-corrected chi connectivity index (χ4v) is 3.27. The largest absolute Gasteiger partial charge is 0.598 e. The molecule has 23 heavy (non-hydrogen) atoms. The van der Waals surface area contributed by atoms with Gasteiger partial charge in [-0.3, -0.25) is 4.98 Å². The maximum Gasteiger partial charge on any atom is 0.136 e. The van der Waals surface area contributed by atoms with Crippen LogP contribution in [0.1, 0.15) is 43.6 Å². The Hall–Kier alpha value is -0.950. The lowest BCUT2D eigenvalue weighted by Crippen LogP contribution is -2.41. The molecule has 0 fully saturated rings. The van der Waals surface area contributed by atoms with Gasteiger partial charge in [0.05, 0.1) is 5.69 Å². The van der Waals surface area contributed by atoms with Crippen molar-refractivity contribution in [2.75, 3.05) is 0 Å². The van der Waals surface area contributed by atoms with E-state index in [2.05, 4.69) is 25.6 Å². The average molecular weight is 399 g/mol. The Balaban J connectivity index is 2.40. The first kappa shape index (κ1) is 18.4. The van der Waals surface area contributed by atoms with Crippen molar-refractivity contribution in [3.05, 3.63) is 63.9 Å². The zero-order valence-electron chi connectivity index (χ0n) is 13.3. The van der Waals surface area contributed by atoms with Gasteiger partial charge in [-0.1, -0.05) is 24.3 Å². The van der Waals surface area contributed by atoms with Crippen LogP contribution in [-0.2, 0) is 18.0 Å².